The predicted molar refractivity (Wildman–Crippen MR) is 240 cm³/mol. The summed E-state index contributed by atoms with van der Waals surface area (Å²) in [6.45, 7) is 8.67. The minimum atomic E-state index is -0.0270. The minimum Gasteiger partial charge on any atom is -0.367 e. The van der Waals surface area contributed by atoms with Gasteiger partial charge in [0.2, 0.25) is 0 Å². The SMILES string of the molecule is CC1=CC=CC(c2c3nc(c(C4C=CC=C(C)N4C)c4ccc([nH]4)c(C4C=CC=C(C)N4C)c4nc(c(C5C=CC=C(C)N5C)c5ccc2[nH]5)C=C4)C=C3)N1C.Cl. The molecule has 4 unspecified atom stereocenters. The highest BCUT2D eigenvalue weighted by atomic mass is 35.5. The van der Waals surface area contributed by atoms with Gasteiger partial charge in [0.1, 0.15) is 0 Å². The van der Waals surface area contributed by atoms with E-state index in [1.54, 1.807) is 0 Å². The lowest BCUT2D eigenvalue weighted by Gasteiger charge is -2.32. The molecule has 0 radical (unpaired) electrons. The number of halogens is 1. The van der Waals surface area contributed by atoms with Crippen molar-refractivity contribution in [3.05, 3.63) is 165 Å². The van der Waals surface area contributed by atoms with Crippen molar-refractivity contribution in [2.24, 2.45) is 0 Å². The summed E-state index contributed by atoms with van der Waals surface area (Å²) in [6.07, 6.45) is 35.3. The second-order valence-electron chi connectivity index (χ2n) is 15.7. The quantitative estimate of drug-likeness (QED) is 0.189. The first-order valence-corrected chi connectivity index (χ1v) is 19.6. The molecule has 9 heterocycles. The largest absolute Gasteiger partial charge is 0.367 e. The molecule has 9 heteroatoms. The molecule has 0 saturated heterocycles. The molecule has 0 amide bonds. The molecule has 4 atom stereocenters. The van der Waals surface area contributed by atoms with Gasteiger partial charge >= 0.3 is 0 Å². The molecule has 6 aliphatic rings. The van der Waals surface area contributed by atoms with Gasteiger partial charge in [-0.1, -0.05) is 48.6 Å². The first kappa shape index (κ1) is 37.9. The van der Waals surface area contributed by atoms with Gasteiger partial charge in [0.15, 0.2) is 0 Å². The highest BCUT2D eigenvalue weighted by Crippen LogP contribution is 2.41. The highest BCUT2D eigenvalue weighted by molar-refractivity contribution is 5.86. The van der Waals surface area contributed by atoms with Crippen LogP contribution in [0.4, 0.5) is 0 Å². The van der Waals surface area contributed by atoms with Crippen molar-refractivity contribution in [3.8, 4) is 0 Å². The van der Waals surface area contributed by atoms with E-state index in [0.717, 1.165) is 67.1 Å². The Bertz CT molecular complexity index is 2280. The maximum atomic E-state index is 5.56. The number of nitrogens with one attached hydrogen (secondary N) is 2. The summed E-state index contributed by atoms with van der Waals surface area (Å²) in [5.74, 6) is 0. The Kier molecular flexibility index (Phi) is 9.86. The fourth-order valence-electron chi connectivity index (χ4n) is 8.76. The fourth-order valence-corrected chi connectivity index (χ4v) is 8.76. The van der Waals surface area contributed by atoms with E-state index in [1.165, 1.54) is 22.8 Å². The summed E-state index contributed by atoms with van der Waals surface area (Å²) in [5.41, 5.74) is 17.2. The van der Waals surface area contributed by atoms with Crippen molar-refractivity contribution in [3.63, 3.8) is 0 Å². The van der Waals surface area contributed by atoms with Crippen LogP contribution < -0.4 is 0 Å². The average Bonchev–Trinajstić information content (AvgIpc) is 4.03. The highest BCUT2D eigenvalue weighted by Gasteiger charge is 2.29. The number of aromatic nitrogens is 4. The monoisotopic (exact) mass is 774 g/mol. The average molecular weight is 775 g/mol. The Balaban J connectivity index is 0.00000455. The van der Waals surface area contributed by atoms with Crippen molar-refractivity contribution >= 4 is 58.8 Å². The number of aromatic amines is 2. The van der Waals surface area contributed by atoms with Crippen molar-refractivity contribution < 1.29 is 0 Å². The van der Waals surface area contributed by atoms with E-state index < -0.39 is 0 Å². The topological polar surface area (TPSA) is 70.3 Å². The second-order valence-corrected chi connectivity index (χ2v) is 15.7. The van der Waals surface area contributed by atoms with Crippen LogP contribution in [-0.4, -0.2) is 67.7 Å². The first-order valence-electron chi connectivity index (χ1n) is 19.6. The lowest BCUT2D eigenvalue weighted by atomic mass is 10.00. The van der Waals surface area contributed by atoms with E-state index in [1.807, 2.05) is 0 Å². The van der Waals surface area contributed by atoms with Crippen LogP contribution in [0.3, 0.4) is 0 Å². The molecule has 3 aromatic rings. The van der Waals surface area contributed by atoms with Crippen LogP contribution >= 0.6 is 12.4 Å². The van der Waals surface area contributed by atoms with Crippen molar-refractivity contribution in [2.75, 3.05) is 28.2 Å². The molecule has 0 aromatic carbocycles. The molecule has 57 heavy (non-hydrogen) atoms. The standard InChI is InChI=1S/C48H50N8.ClH/c1-29-13-9-17-41(53(29)5)45-33-21-23-35(49-33)46(42-18-10-14-30(2)54(42)6)37-25-27-39(51-37)48(44-20-12-16-32(4)56(44)8)40-28-26-38(52-40)47(36-24-22-34(45)50-36)43-19-11-15-31(3)55(43)7;/h9-28,41-44,49,52H,1-8H3;1H. The predicted octanol–water partition coefficient (Wildman–Crippen LogP) is 10.9. The zero-order valence-corrected chi connectivity index (χ0v) is 34.8. The van der Waals surface area contributed by atoms with Crippen molar-refractivity contribution in [2.45, 2.75) is 51.9 Å². The van der Waals surface area contributed by atoms with E-state index in [4.69, 9.17) is 9.97 Å². The maximum absolute atomic E-state index is 5.56. The summed E-state index contributed by atoms with van der Waals surface area (Å²) in [5, 5.41) is 0. The van der Waals surface area contributed by atoms with Gasteiger partial charge in [0.25, 0.3) is 0 Å². The molecule has 8 bridgehead atoms. The first-order chi connectivity index (χ1) is 27.1. The number of hydrogen-bond donors (Lipinski definition) is 2. The van der Waals surface area contributed by atoms with Gasteiger partial charge in [0.05, 0.1) is 46.9 Å². The molecule has 0 fully saturated rings. The molecule has 290 valence electrons. The summed E-state index contributed by atoms with van der Waals surface area (Å²) in [6, 6.07) is 8.81. The fraction of sp³-hybridized carbons (Fsp3) is 0.250. The molecule has 0 saturated carbocycles. The minimum absolute atomic E-state index is 0. The summed E-state index contributed by atoms with van der Waals surface area (Å²) < 4.78 is 0. The summed E-state index contributed by atoms with van der Waals surface area (Å²) in [7, 11) is 8.68. The van der Waals surface area contributed by atoms with E-state index in [2.05, 4.69) is 207 Å². The number of fused-ring (bicyclic) bond motifs is 8. The van der Waals surface area contributed by atoms with Crippen molar-refractivity contribution in [1.29, 1.82) is 0 Å². The van der Waals surface area contributed by atoms with Crippen molar-refractivity contribution in [1.82, 2.24) is 39.5 Å². The van der Waals surface area contributed by atoms with Gasteiger partial charge in [-0.25, -0.2) is 9.97 Å². The van der Waals surface area contributed by atoms with Crippen LogP contribution in [0, 0.1) is 0 Å². The van der Waals surface area contributed by atoms with Crippen LogP contribution in [0.5, 0.6) is 0 Å². The van der Waals surface area contributed by atoms with Gasteiger partial charge < -0.3 is 29.6 Å². The molecule has 8 nitrogen and oxygen atoms in total. The van der Waals surface area contributed by atoms with E-state index >= 15 is 0 Å². The molecule has 9 rings (SSSR count). The van der Waals surface area contributed by atoms with Crippen LogP contribution in [-0.2, 0) is 0 Å². The normalized spacial score (nSPS) is 22.5. The lowest BCUT2D eigenvalue weighted by Crippen LogP contribution is -2.25. The zero-order chi connectivity index (χ0) is 38.8. The Labute approximate surface area is 342 Å². The second kappa shape index (κ2) is 14.8. The molecule has 6 aliphatic heterocycles. The molecular formula is C48H51ClN8. The number of rotatable bonds is 4. The van der Waals surface area contributed by atoms with Gasteiger partial charge in [0, 0.05) is 95.3 Å². The Hall–Kier alpha value is -5.99. The molecule has 3 aromatic heterocycles. The Morgan fingerprint density at radius 1 is 0.404 bits per heavy atom. The summed E-state index contributed by atoms with van der Waals surface area (Å²) >= 11 is 0. The van der Waals surface area contributed by atoms with Crippen LogP contribution in [0.2, 0.25) is 0 Å². The molecular weight excluding hydrogens is 724 g/mol. The van der Waals surface area contributed by atoms with Crippen LogP contribution in [0.15, 0.2) is 120 Å². The van der Waals surface area contributed by atoms with Gasteiger partial charge in [-0.05, 0) is 101 Å². The zero-order valence-electron chi connectivity index (χ0n) is 33.9. The molecule has 2 N–H and O–H groups in total. The van der Waals surface area contributed by atoms with Crippen LogP contribution in [0.1, 0.15) is 96.9 Å². The van der Waals surface area contributed by atoms with Gasteiger partial charge in [-0.2, -0.15) is 0 Å². The third kappa shape index (κ3) is 6.42. The van der Waals surface area contributed by atoms with Gasteiger partial charge in [-0.3, -0.25) is 0 Å². The Morgan fingerprint density at radius 3 is 0.860 bits per heavy atom. The number of H-pyrrole nitrogens is 2. The van der Waals surface area contributed by atoms with E-state index in [0.29, 0.717) is 0 Å². The molecule has 0 spiro atoms. The number of hydrogen-bond acceptors (Lipinski definition) is 6. The molecule has 0 aliphatic carbocycles. The van der Waals surface area contributed by atoms with Crippen LogP contribution in [0.25, 0.3) is 46.4 Å². The smallest absolute Gasteiger partial charge is 0.0764 e. The van der Waals surface area contributed by atoms with E-state index in [9.17, 15) is 0 Å². The third-order valence-corrected chi connectivity index (χ3v) is 12.5. The summed E-state index contributed by atoms with van der Waals surface area (Å²) in [4.78, 5) is 28.4. The Morgan fingerprint density at radius 2 is 0.632 bits per heavy atom. The third-order valence-electron chi connectivity index (χ3n) is 12.5. The number of likely N-dealkylation sites (N-methyl/N-ethyl adjacent to an activating group) is 4. The maximum Gasteiger partial charge on any atom is 0.0764 e. The number of nitrogens with zero attached hydrogens (tertiary/aromatic N) is 6. The lowest BCUT2D eigenvalue weighted by molar-refractivity contribution is 0.355. The van der Waals surface area contributed by atoms with E-state index in [-0.39, 0.29) is 36.6 Å². The number of allylic oxidation sites excluding steroid dienone is 12. The van der Waals surface area contributed by atoms with Gasteiger partial charge in [-0.15, -0.1) is 12.4 Å².